The van der Waals surface area contributed by atoms with Crippen LogP contribution in [0, 0.1) is 15.9 Å². The third-order valence-electron chi connectivity index (χ3n) is 2.89. The molecule has 0 aromatic heterocycles. The number of rotatable bonds is 2. The van der Waals surface area contributed by atoms with Crippen LogP contribution in [-0.4, -0.2) is 4.92 Å². The molecule has 0 amide bonds. The van der Waals surface area contributed by atoms with Gasteiger partial charge < -0.3 is 5.32 Å². The van der Waals surface area contributed by atoms with E-state index in [0.717, 1.165) is 16.6 Å². The molecular formula is C13H9FN2O2S. The molecule has 3 rings (SSSR count). The number of nitro groups is 1. The van der Waals surface area contributed by atoms with Crippen molar-refractivity contribution in [2.75, 3.05) is 5.32 Å². The summed E-state index contributed by atoms with van der Waals surface area (Å²) >= 11 is 1.45. The Labute approximate surface area is 112 Å². The van der Waals surface area contributed by atoms with Gasteiger partial charge in [-0.2, -0.15) is 0 Å². The molecule has 1 heterocycles. The fourth-order valence-corrected chi connectivity index (χ4v) is 3.20. The van der Waals surface area contributed by atoms with Crippen LogP contribution in [0.25, 0.3) is 0 Å². The lowest BCUT2D eigenvalue weighted by atomic mass is 10.1. The maximum atomic E-state index is 13.3. The molecule has 1 atom stereocenters. The Morgan fingerprint density at radius 3 is 2.79 bits per heavy atom. The Balaban J connectivity index is 2.01. The number of halogens is 1. The van der Waals surface area contributed by atoms with Crippen molar-refractivity contribution in [3.05, 3.63) is 64.0 Å². The molecule has 0 aliphatic carbocycles. The van der Waals surface area contributed by atoms with Crippen LogP contribution in [0.4, 0.5) is 15.8 Å². The largest absolute Gasteiger partial charge is 0.368 e. The summed E-state index contributed by atoms with van der Waals surface area (Å²) in [7, 11) is 0. The molecule has 0 saturated carbocycles. The minimum atomic E-state index is -0.486. The first-order valence-corrected chi connectivity index (χ1v) is 6.49. The number of para-hydroxylation sites is 1. The van der Waals surface area contributed by atoms with Gasteiger partial charge in [-0.05, 0) is 24.3 Å². The smallest absolute Gasteiger partial charge is 0.275 e. The van der Waals surface area contributed by atoms with Gasteiger partial charge in [0.15, 0.2) is 0 Å². The Hall–Kier alpha value is -2.08. The van der Waals surface area contributed by atoms with E-state index in [1.165, 1.54) is 23.9 Å². The third kappa shape index (κ3) is 2.15. The van der Waals surface area contributed by atoms with E-state index in [1.54, 1.807) is 0 Å². The maximum Gasteiger partial charge on any atom is 0.275 e. The van der Waals surface area contributed by atoms with Crippen LogP contribution in [0.5, 0.6) is 0 Å². The maximum absolute atomic E-state index is 13.3. The molecule has 0 fully saturated rings. The summed E-state index contributed by atoms with van der Waals surface area (Å²) in [5.41, 5.74) is 1.20. The topological polar surface area (TPSA) is 55.2 Å². The number of nitrogens with one attached hydrogen (secondary N) is 1. The van der Waals surface area contributed by atoms with Crippen LogP contribution in [0.1, 0.15) is 10.9 Å². The van der Waals surface area contributed by atoms with Crippen LogP contribution < -0.4 is 5.32 Å². The fourth-order valence-electron chi connectivity index (χ4n) is 2.03. The van der Waals surface area contributed by atoms with Crippen LogP contribution in [-0.2, 0) is 0 Å². The molecule has 4 nitrogen and oxygen atoms in total. The van der Waals surface area contributed by atoms with E-state index in [-0.39, 0.29) is 11.1 Å². The number of anilines is 1. The number of nitrogens with zero attached hydrogens (tertiary/aromatic N) is 1. The van der Waals surface area contributed by atoms with Crippen molar-refractivity contribution in [3.8, 4) is 0 Å². The minimum Gasteiger partial charge on any atom is -0.368 e. The normalized spacial score (nSPS) is 16.8. The van der Waals surface area contributed by atoms with E-state index in [0.29, 0.717) is 5.56 Å². The summed E-state index contributed by atoms with van der Waals surface area (Å²) in [6.07, 6.45) is 0. The second-order valence-corrected chi connectivity index (χ2v) is 5.25. The fraction of sp³-hybridized carbons (Fsp3) is 0.0769. The Morgan fingerprint density at radius 1 is 1.26 bits per heavy atom. The van der Waals surface area contributed by atoms with Crippen molar-refractivity contribution in [3.63, 3.8) is 0 Å². The highest BCUT2D eigenvalue weighted by atomic mass is 32.2. The summed E-state index contributed by atoms with van der Waals surface area (Å²) in [6.45, 7) is 0. The zero-order chi connectivity index (χ0) is 13.4. The Kier molecular flexibility index (Phi) is 2.87. The minimum absolute atomic E-state index is 0.0702. The average Bonchev–Trinajstić information content (AvgIpc) is 2.81. The van der Waals surface area contributed by atoms with Crippen molar-refractivity contribution in [2.45, 2.75) is 10.3 Å². The summed E-state index contributed by atoms with van der Waals surface area (Å²) in [6, 6.07) is 11.1. The number of thioether (sulfide) groups is 1. The molecule has 19 heavy (non-hydrogen) atoms. The first-order valence-electron chi connectivity index (χ1n) is 5.61. The van der Waals surface area contributed by atoms with Gasteiger partial charge >= 0.3 is 0 Å². The molecule has 96 valence electrons. The lowest BCUT2D eigenvalue weighted by Gasteiger charge is -2.11. The molecule has 6 heteroatoms. The average molecular weight is 276 g/mol. The number of fused-ring (bicyclic) bond motifs is 1. The number of nitro benzene ring substituents is 1. The van der Waals surface area contributed by atoms with E-state index in [2.05, 4.69) is 5.32 Å². The van der Waals surface area contributed by atoms with Gasteiger partial charge in [0.2, 0.25) is 0 Å². The molecule has 0 radical (unpaired) electrons. The lowest BCUT2D eigenvalue weighted by molar-refractivity contribution is -0.385. The van der Waals surface area contributed by atoms with Gasteiger partial charge in [-0.15, -0.1) is 0 Å². The van der Waals surface area contributed by atoms with E-state index >= 15 is 0 Å². The molecule has 2 aromatic carbocycles. The van der Waals surface area contributed by atoms with Crippen LogP contribution in [0.15, 0.2) is 47.4 Å². The second kappa shape index (κ2) is 4.55. The molecule has 1 aliphatic heterocycles. The van der Waals surface area contributed by atoms with Crippen LogP contribution in [0.3, 0.4) is 0 Å². The van der Waals surface area contributed by atoms with E-state index in [1.807, 2.05) is 24.3 Å². The van der Waals surface area contributed by atoms with Gasteiger partial charge in [0.1, 0.15) is 11.2 Å². The number of hydrogen-bond donors (Lipinski definition) is 1. The summed E-state index contributed by atoms with van der Waals surface area (Å²) in [5.74, 6) is -0.473. The predicted octanol–water partition coefficient (Wildman–Crippen LogP) is 3.95. The van der Waals surface area contributed by atoms with E-state index in [9.17, 15) is 14.5 Å². The quantitative estimate of drug-likeness (QED) is 0.666. The molecule has 1 aliphatic rings. The van der Waals surface area contributed by atoms with Gasteiger partial charge in [0.05, 0.1) is 10.5 Å². The standard InChI is InChI=1S/C13H9FN2O2S/c14-8-5-6-11(16(17)18)9(7-8)13-15-10-3-1-2-4-12(10)19-13/h1-7,13,15H. The second-order valence-electron chi connectivity index (χ2n) is 4.10. The summed E-state index contributed by atoms with van der Waals surface area (Å²) in [5, 5.41) is 13.8. The summed E-state index contributed by atoms with van der Waals surface area (Å²) in [4.78, 5) is 11.5. The van der Waals surface area contributed by atoms with Gasteiger partial charge in [0, 0.05) is 16.6 Å². The van der Waals surface area contributed by atoms with E-state index in [4.69, 9.17) is 0 Å². The van der Waals surface area contributed by atoms with Crippen molar-refractivity contribution >= 4 is 23.1 Å². The third-order valence-corrected chi connectivity index (χ3v) is 4.10. The van der Waals surface area contributed by atoms with Crippen molar-refractivity contribution < 1.29 is 9.31 Å². The number of hydrogen-bond acceptors (Lipinski definition) is 4. The van der Waals surface area contributed by atoms with Gasteiger partial charge in [-0.1, -0.05) is 23.9 Å². The first-order chi connectivity index (χ1) is 9.15. The SMILES string of the molecule is O=[N+]([O-])c1ccc(F)cc1C1Nc2ccccc2S1. The van der Waals surface area contributed by atoms with Crippen LogP contribution in [0.2, 0.25) is 0 Å². The highest BCUT2D eigenvalue weighted by Crippen LogP contribution is 2.48. The van der Waals surface area contributed by atoms with Gasteiger partial charge in [-0.25, -0.2) is 4.39 Å². The zero-order valence-corrected chi connectivity index (χ0v) is 10.5. The lowest BCUT2D eigenvalue weighted by Crippen LogP contribution is -2.05. The monoisotopic (exact) mass is 276 g/mol. The number of benzene rings is 2. The zero-order valence-electron chi connectivity index (χ0n) is 9.67. The molecule has 0 saturated heterocycles. The molecule has 0 spiro atoms. The highest BCUT2D eigenvalue weighted by molar-refractivity contribution is 8.00. The molecule has 0 bridgehead atoms. The highest BCUT2D eigenvalue weighted by Gasteiger charge is 2.28. The van der Waals surface area contributed by atoms with Gasteiger partial charge in [-0.3, -0.25) is 10.1 Å². The molecule has 2 aromatic rings. The summed E-state index contributed by atoms with van der Waals surface area (Å²) < 4.78 is 13.3. The van der Waals surface area contributed by atoms with Crippen LogP contribution >= 0.6 is 11.8 Å². The molecule has 1 N–H and O–H groups in total. The van der Waals surface area contributed by atoms with Crippen molar-refractivity contribution in [1.29, 1.82) is 0 Å². The Morgan fingerprint density at radius 2 is 2.05 bits per heavy atom. The predicted molar refractivity (Wildman–Crippen MR) is 71.7 cm³/mol. The van der Waals surface area contributed by atoms with Crippen molar-refractivity contribution in [1.82, 2.24) is 0 Å². The van der Waals surface area contributed by atoms with E-state index < -0.39 is 10.7 Å². The van der Waals surface area contributed by atoms with Crippen molar-refractivity contribution in [2.24, 2.45) is 0 Å². The molecule has 1 unspecified atom stereocenters. The van der Waals surface area contributed by atoms with Gasteiger partial charge in [0.25, 0.3) is 5.69 Å². The first kappa shape index (κ1) is 12.0. The Bertz CT molecular complexity index is 638. The molecular weight excluding hydrogens is 267 g/mol.